The number of aromatic nitrogens is 8. The lowest BCUT2D eigenvalue weighted by Gasteiger charge is -2.34. The Morgan fingerprint density at radius 2 is 0.248 bits per heavy atom. The zero-order valence-electron chi connectivity index (χ0n) is 65.1. The lowest BCUT2D eigenvalue weighted by atomic mass is 10.1. The van der Waals surface area contributed by atoms with E-state index in [1.54, 1.807) is 0 Å². The fraction of sp³-hybridized carbons (Fsp3) is 0. The monoisotopic (exact) mass is 1580 g/mol. The van der Waals surface area contributed by atoms with E-state index in [-0.39, 0.29) is 0 Å². The summed E-state index contributed by atoms with van der Waals surface area (Å²) in [7, 11) is -3.52. The van der Waals surface area contributed by atoms with Gasteiger partial charge in [0.1, 0.15) is 0 Å². The summed E-state index contributed by atoms with van der Waals surface area (Å²) in [6, 6.07) is 149. The molecule has 0 radical (unpaired) electrons. The average molecular weight is 1580 g/mol. The normalized spacial score (nSPS) is 11.3. The fourth-order valence-electron chi connectivity index (χ4n) is 15.7. The molecular weight excluding hydrogens is 1510 g/mol. The van der Waals surface area contributed by atoms with Gasteiger partial charge in [-0.25, -0.2) is 0 Å². The maximum absolute atomic E-state index is 6.61. The lowest BCUT2D eigenvalue weighted by molar-refractivity contribution is 0.584. The minimum absolute atomic E-state index is 0.370. The summed E-state index contributed by atoms with van der Waals surface area (Å²) < 4.78 is 26.5. The van der Waals surface area contributed by atoms with E-state index in [9.17, 15) is 0 Å². The van der Waals surface area contributed by atoms with Crippen molar-refractivity contribution in [2.75, 3.05) is 19.6 Å². The Morgan fingerprint density at radius 3 is 0.380 bits per heavy atom. The van der Waals surface area contributed by atoms with Crippen LogP contribution < -0.4 is 40.3 Å². The largest absolute Gasteiger partial charge is 0.416 e. The maximum Gasteiger partial charge on any atom is 0.248 e. The molecule has 0 aliphatic heterocycles. The van der Waals surface area contributed by atoms with Gasteiger partial charge in [0, 0.05) is 113 Å². The van der Waals surface area contributed by atoms with Crippen molar-refractivity contribution in [3.63, 3.8) is 0 Å². The topological polar surface area (TPSA) is 169 Å². The van der Waals surface area contributed by atoms with Crippen LogP contribution in [0.15, 0.2) is 454 Å². The van der Waals surface area contributed by atoms with Gasteiger partial charge in [-0.05, 0) is 263 Å². The van der Waals surface area contributed by atoms with Gasteiger partial charge in [-0.1, -0.05) is 194 Å². The van der Waals surface area contributed by atoms with Crippen molar-refractivity contribution >= 4 is 97.1 Å². The van der Waals surface area contributed by atoms with Crippen LogP contribution in [0.4, 0.5) is 68.2 Å². The van der Waals surface area contributed by atoms with Crippen LogP contribution in [0.5, 0.6) is 0 Å². The van der Waals surface area contributed by atoms with Crippen LogP contribution in [0, 0.1) is 0 Å². The fourth-order valence-corrected chi connectivity index (χ4v) is 20.4. The molecule has 0 spiro atoms. The smallest absolute Gasteiger partial charge is 0.248 e. The Labute approximate surface area is 699 Å². The molecule has 4 aromatic heterocycles. The van der Waals surface area contributed by atoms with E-state index < -0.39 is 8.07 Å². The van der Waals surface area contributed by atoms with Crippen molar-refractivity contribution in [3.05, 3.63) is 437 Å². The Balaban J connectivity index is 0.668. The second-order valence-electron chi connectivity index (χ2n) is 28.9. The highest BCUT2D eigenvalue weighted by Gasteiger charge is 2.42. The van der Waals surface area contributed by atoms with Crippen LogP contribution in [0.25, 0.3) is 91.6 Å². The second-order valence-corrected chi connectivity index (χ2v) is 32.7. The van der Waals surface area contributed by atoms with Crippen molar-refractivity contribution in [3.8, 4) is 91.6 Å². The molecule has 0 saturated heterocycles. The van der Waals surface area contributed by atoms with E-state index in [2.05, 4.69) is 303 Å². The standard InChI is InChI=1S/C104H72N12O4Si/c1-9-25-81(26-10-1)113(82-27-11-2-12-28-82)89-57-41-73(42-58-89)97-105-109-101(117-97)77-49-65-93(66-50-77)121(94-67-51-78(52-68-94)102-110-106-98(118-102)74-43-59-90(60-44-74)114(83-29-13-3-14-30-83)84-31-15-4-16-32-84,95-69-53-79(54-70-95)103-111-107-99(119-103)75-45-61-91(62-46-75)115(85-33-17-5-18-34-85)86-35-19-6-20-36-86)96-71-55-80(56-72-96)104-112-108-100(120-104)76-47-63-92(64-48-76)116(87-37-21-7-22-38-87)88-39-23-8-24-40-88/h1-72H. The first-order valence-electron chi connectivity index (χ1n) is 39.8. The summed E-state index contributed by atoms with van der Waals surface area (Å²) in [4.78, 5) is 8.87. The first-order valence-corrected chi connectivity index (χ1v) is 41.8. The molecule has 0 saturated carbocycles. The van der Waals surface area contributed by atoms with Gasteiger partial charge >= 0.3 is 0 Å². The van der Waals surface area contributed by atoms with Gasteiger partial charge < -0.3 is 37.3 Å². The summed E-state index contributed by atoms with van der Waals surface area (Å²) in [5.41, 5.74) is 18.3. The highest BCUT2D eigenvalue weighted by Crippen LogP contribution is 2.42. The maximum atomic E-state index is 6.61. The molecule has 20 rings (SSSR count). The SMILES string of the molecule is c1ccc(N(c2ccccc2)c2ccc(-c3nnc(-c4ccc([Si](c5ccc(-c6nnc(-c7ccc(N(c8ccccc8)c8ccccc8)cc7)o6)cc5)(c5ccc(-c6nnc(-c7ccc(N(c8ccccc8)c8ccccc8)cc7)o6)cc5)c5ccc(-c6nnc(-c7ccc(N(c8ccccc8)c8ccccc8)cc7)o6)cc5)cc4)o3)cc2)cc1. The summed E-state index contributed by atoms with van der Waals surface area (Å²) in [6.07, 6.45) is 0. The van der Waals surface area contributed by atoms with Crippen LogP contribution in [0.3, 0.4) is 0 Å². The number of hydrogen-bond donors (Lipinski definition) is 0. The lowest BCUT2D eigenvalue weighted by Crippen LogP contribution is -2.74. The zero-order chi connectivity index (χ0) is 80.7. The summed E-state index contributed by atoms with van der Waals surface area (Å²) >= 11 is 0. The van der Waals surface area contributed by atoms with Gasteiger partial charge in [-0.15, -0.1) is 40.8 Å². The highest BCUT2D eigenvalue weighted by molar-refractivity contribution is 7.20. The molecule has 0 aliphatic carbocycles. The molecule has 0 aliphatic rings. The van der Waals surface area contributed by atoms with Gasteiger partial charge in [0.2, 0.25) is 47.1 Å². The zero-order valence-corrected chi connectivity index (χ0v) is 66.1. The third kappa shape index (κ3) is 14.9. The minimum atomic E-state index is -3.52. The molecule has 17 heteroatoms. The number of para-hydroxylation sites is 8. The van der Waals surface area contributed by atoms with Crippen LogP contribution in [-0.2, 0) is 0 Å². The van der Waals surface area contributed by atoms with Crippen molar-refractivity contribution < 1.29 is 17.7 Å². The highest BCUT2D eigenvalue weighted by atomic mass is 28.3. The van der Waals surface area contributed by atoms with Crippen molar-refractivity contribution in [2.24, 2.45) is 0 Å². The van der Waals surface area contributed by atoms with E-state index in [1.165, 1.54) is 0 Å². The second kappa shape index (κ2) is 33.0. The third-order valence-corrected chi connectivity index (χ3v) is 26.4. The van der Waals surface area contributed by atoms with Gasteiger partial charge in [0.15, 0.2) is 8.07 Å². The molecule has 0 unspecified atom stereocenters. The molecule has 121 heavy (non-hydrogen) atoms. The predicted molar refractivity (Wildman–Crippen MR) is 484 cm³/mol. The predicted octanol–water partition coefficient (Wildman–Crippen LogP) is 23.8. The Morgan fingerprint density at radius 1 is 0.132 bits per heavy atom. The van der Waals surface area contributed by atoms with Crippen LogP contribution in [-0.4, -0.2) is 48.9 Å². The Hall–Kier alpha value is -16.5. The van der Waals surface area contributed by atoms with Crippen LogP contribution in [0.1, 0.15) is 0 Å². The quantitative estimate of drug-likeness (QED) is 0.0413. The van der Waals surface area contributed by atoms with Crippen molar-refractivity contribution in [1.29, 1.82) is 0 Å². The number of nitrogens with zero attached hydrogens (tertiary/aromatic N) is 12. The molecule has 0 fully saturated rings. The molecule has 16 nitrogen and oxygen atoms in total. The summed E-state index contributed by atoms with van der Waals surface area (Å²) in [6.45, 7) is 0. The Kier molecular flexibility index (Phi) is 20.0. The minimum Gasteiger partial charge on any atom is -0.416 e. The number of anilines is 12. The van der Waals surface area contributed by atoms with E-state index in [1.807, 2.05) is 194 Å². The van der Waals surface area contributed by atoms with E-state index in [0.717, 1.165) is 134 Å². The van der Waals surface area contributed by atoms with E-state index in [0.29, 0.717) is 47.1 Å². The van der Waals surface area contributed by atoms with Gasteiger partial charge in [-0.3, -0.25) is 0 Å². The molecule has 0 amide bonds. The molecule has 0 bridgehead atoms. The van der Waals surface area contributed by atoms with E-state index in [4.69, 9.17) is 17.7 Å². The van der Waals surface area contributed by atoms with Crippen molar-refractivity contribution in [1.82, 2.24) is 40.8 Å². The van der Waals surface area contributed by atoms with Crippen LogP contribution in [0.2, 0.25) is 0 Å². The Bertz CT molecular complexity index is 5830. The molecule has 20 aromatic rings. The molecule has 0 atom stereocenters. The number of benzene rings is 16. The average Bonchev–Trinajstić information content (AvgIpc) is 1.06. The molecule has 16 aromatic carbocycles. The molecule has 4 heterocycles. The van der Waals surface area contributed by atoms with Crippen molar-refractivity contribution in [2.45, 2.75) is 0 Å². The van der Waals surface area contributed by atoms with Gasteiger partial charge in [-0.2, -0.15) is 0 Å². The third-order valence-electron chi connectivity index (χ3n) is 21.6. The van der Waals surface area contributed by atoms with Gasteiger partial charge in [0.05, 0.1) is 0 Å². The first-order chi connectivity index (χ1) is 59.9. The number of rotatable bonds is 24. The molecular formula is C104H72N12O4Si. The first kappa shape index (κ1) is 73.4. The van der Waals surface area contributed by atoms with Gasteiger partial charge in [0.25, 0.3) is 0 Å². The number of hydrogen-bond acceptors (Lipinski definition) is 16. The molecule has 0 N–H and O–H groups in total. The van der Waals surface area contributed by atoms with Crippen LogP contribution >= 0.6 is 0 Å². The summed E-state index contributed by atoms with van der Waals surface area (Å²) in [5.74, 6) is 3.04. The van der Waals surface area contributed by atoms with E-state index >= 15 is 0 Å². The molecule has 576 valence electrons. The summed E-state index contributed by atoms with van der Waals surface area (Å²) in [5, 5.41) is 41.5.